The molecule has 2 heterocycles. The smallest absolute Gasteiger partial charge is 0.138 e. The minimum Gasteiger partial charge on any atom is -0.391 e. The van der Waals surface area contributed by atoms with Crippen molar-refractivity contribution in [1.82, 2.24) is 20.1 Å². The Morgan fingerprint density at radius 3 is 3.00 bits per heavy atom. The third-order valence-corrected chi connectivity index (χ3v) is 3.44. The topological polar surface area (TPSA) is 63.0 Å². The van der Waals surface area contributed by atoms with Crippen LogP contribution in [0.2, 0.25) is 0 Å². The van der Waals surface area contributed by atoms with Crippen molar-refractivity contribution in [3.05, 3.63) is 12.2 Å². The molecule has 1 saturated heterocycles. The standard InChI is InChI=1S/C13H24N4O/c1-10(2)8-17-13(15-9-16-17)7-12(18)11-5-3-4-6-14-11/h9-12,14,18H,3-8H2,1-2H3. The van der Waals surface area contributed by atoms with E-state index < -0.39 is 0 Å². The number of hydrogen-bond acceptors (Lipinski definition) is 4. The summed E-state index contributed by atoms with van der Waals surface area (Å²) in [5.74, 6) is 1.43. The number of aliphatic hydroxyl groups is 1. The van der Waals surface area contributed by atoms with Crippen molar-refractivity contribution >= 4 is 0 Å². The molecule has 18 heavy (non-hydrogen) atoms. The molecule has 102 valence electrons. The zero-order valence-electron chi connectivity index (χ0n) is 11.3. The van der Waals surface area contributed by atoms with Crippen molar-refractivity contribution in [2.75, 3.05) is 6.54 Å². The van der Waals surface area contributed by atoms with E-state index in [-0.39, 0.29) is 12.1 Å². The zero-order chi connectivity index (χ0) is 13.0. The van der Waals surface area contributed by atoms with Gasteiger partial charge in [-0.25, -0.2) is 9.67 Å². The Labute approximate surface area is 109 Å². The lowest BCUT2D eigenvalue weighted by molar-refractivity contribution is 0.110. The van der Waals surface area contributed by atoms with Gasteiger partial charge in [0.2, 0.25) is 0 Å². The van der Waals surface area contributed by atoms with Crippen LogP contribution in [0.1, 0.15) is 38.9 Å². The summed E-state index contributed by atoms with van der Waals surface area (Å²) in [6.07, 6.45) is 5.28. The maximum Gasteiger partial charge on any atom is 0.138 e. The third kappa shape index (κ3) is 3.53. The Hall–Kier alpha value is -0.940. The van der Waals surface area contributed by atoms with Gasteiger partial charge in [-0.15, -0.1) is 0 Å². The maximum atomic E-state index is 10.3. The van der Waals surface area contributed by atoms with E-state index in [1.807, 2.05) is 4.68 Å². The average molecular weight is 252 g/mol. The lowest BCUT2D eigenvalue weighted by atomic mass is 9.98. The van der Waals surface area contributed by atoms with Gasteiger partial charge in [-0.1, -0.05) is 20.3 Å². The van der Waals surface area contributed by atoms with Crippen LogP contribution in [0.3, 0.4) is 0 Å². The summed E-state index contributed by atoms with van der Waals surface area (Å²) in [6, 6.07) is 0.211. The SMILES string of the molecule is CC(C)Cn1ncnc1CC(O)C1CCCCN1. The molecule has 0 saturated carbocycles. The van der Waals surface area contributed by atoms with E-state index in [2.05, 4.69) is 29.2 Å². The quantitative estimate of drug-likeness (QED) is 0.820. The molecule has 0 spiro atoms. The van der Waals surface area contributed by atoms with Gasteiger partial charge in [-0.3, -0.25) is 0 Å². The van der Waals surface area contributed by atoms with Gasteiger partial charge in [0.05, 0.1) is 6.10 Å². The second-order valence-electron chi connectivity index (χ2n) is 5.58. The molecule has 0 amide bonds. The molecule has 0 aliphatic carbocycles. The van der Waals surface area contributed by atoms with Gasteiger partial charge in [0.1, 0.15) is 12.2 Å². The summed E-state index contributed by atoms with van der Waals surface area (Å²) in [5, 5.41) is 17.9. The summed E-state index contributed by atoms with van der Waals surface area (Å²) in [7, 11) is 0. The highest BCUT2D eigenvalue weighted by atomic mass is 16.3. The molecular formula is C13H24N4O. The highest BCUT2D eigenvalue weighted by Crippen LogP contribution is 2.13. The van der Waals surface area contributed by atoms with E-state index >= 15 is 0 Å². The van der Waals surface area contributed by atoms with Crippen molar-refractivity contribution in [2.45, 2.75) is 58.2 Å². The number of nitrogens with zero attached hydrogens (tertiary/aromatic N) is 3. The summed E-state index contributed by atoms with van der Waals surface area (Å²) in [4.78, 5) is 4.27. The first kappa shape index (κ1) is 13.5. The van der Waals surface area contributed by atoms with Gasteiger partial charge in [0.25, 0.3) is 0 Å². The number of aromatic nitrogens is 3. The Morgan fingerprint density at radius 2 is 2.33 bits per heavy atom. The minimum atomic E-state index is -0.361. The van der Waals surface area contributed by atoms with Gasteiger partial charge in [0.15, 0.2) is 0 Å². The molecule has 1 aromatic rings. The predicted octanol–water partition coefficient (Wildman–Crippen LogP) is 0.980. The van der Waals surface area contributed by atoms with Crippen LogP contribution < -0.4 is 5.32 Å². The van der Waals surface area contributed by atoms with E-state index in [0.29, 0.717) is 12.3 Å². The maximum absolute atomic E-state index is 10.3. The first-order valence-corrected chi connectivity index (χ1v) is 6.95. The minimum absolute atomic E-state index is 0.211. The van der Waals surface area contributed by atoms with Gasteiger partial charge < -0.3 is 10.4 Å². The largest absolute Gasteiger partial charge is 0.391 e. The van der Waals surface area contributed by atoms with Gasteiger partial charge >= 0.3 is 0 Å². The van der Waals surface area contributed by atoms with Crippen LogP contribution in [-0.4, -0.2) is 38.6 Å². The molecule has 2 N–H and O–H groups in total. The first-order chi connectivity index (χ1) is 8.66. The predicted molar refractivity (Wildman–Crippen MR) is 70.2 cm³/mol. The highest BCUT2D eigenvalue weighted by molar-refractivity contribution is 4.92. The lowest BCUT2D eigenvalue weighted by Gasteiger charge is -2.27. The summed E-state index contributed by atoms with van der Waals surface area (Å²) < 4.78 is 1.91. The molecule has 2 rings (SSSR count). The Morgan fingerprint density at radius 1 is 1.50 bits per heavy atom. The molecule has 1 fully saturated rings. The molecule has 2 unspecified atom stereocenters. The number of piperidine rings is 1. The highest BCUT2D eigenvalue weighted by Gasteiger charge is 2.23. The molecule has 0 bridgehead atoms. The second-order valence-corrected chi connectivity index (χ2v) is 5.58. The second kappa shape index (κ2) is 6.29. The molecule has 1 aliphatic heterocycles. The zero-order valence-corrected chi connectivity index (χ0v) is 11.3. The normalized spacial score (nSPS) is 22.3. The Kier molecular flexibility index (Phi) is 4.72. The lowest BCUT2D eigenvalue weighted by Crippen LogP contribution is -2.44. The van der Waals surface area contributed by atoms with E-state index in [9.17, 15) is 5.11 Å². The summed E-state index contributed by atoms with van der Waals surface area (Å²) in [5.41, 5.74) is 0. The van der Waals surface area contributed by atoms with Crippen molar-refractivity contribution < 1.29 is 5.11 Å². The van der Waals surface area contributed by atoms with Crippen LogP contribution in [0, 0.1) is 5.92 Å². The summed E-state index contributed by atoms with van der Waals surface area (Å²) >= 11 is 0. The molecule has 2 atom stereocenters. The molecule has 0 radical (unpaired) electrons. The molecular weight excluding hydrogens is 228 g/mol. The van der Waals surface area contributed by atoms with Crippen LogP contribution in [0.5, 0.6) is 0 Å². The Balaban J connectivity index is 1.93. The molecule has 0 aromatic carbocycles. The van der Waals surface area contributed by atoms with Gasteiger partial charge in [-0.2, -0.15) is 5.10 Å². The monoisotopic (exact) mass is 252 g/mol. The van der Waals surface area contributed by atoms with E-state index in [1.54, 1.807) is 6.33 Å². The van der Waals surface area contributed by atoms with Crippen molar-refractivity contribution in [3.8, 4) is 0 Å². The van der Waals surface area contributed by atoms with Crippen LogP contribution in [-0.2, 0) is 13.0 Å². The molecule has 1 aliphatic rings. The van der Waals surface area contributed by atoms with Gasteiger partial charge in [-0.05, 0) is 25.3 Å². The van der Waals surface area contributed by atoms with E-state index in [1.165, 1.54) is 12.8 Å². The first-order valence-electron chi connectivity index (χ1n) is 6.95. The van der Waals surface area contributed by atoms with Crippen LogP contribution >= 0.6 is 0 Å². The van der Waals surface area contributed by atoms with Crippen LogP contribution in [0.15, 0.2) is 6.33 Å². The number of aliphatic hydroxyl groups excluding tert-OH is 1. The van der Waals surface area contributed by atoms with E-state index in [4.69, 9.17) is 0 Å². The fraction of sp³-hybridized carbons (Fsp3) is 0.846. The number of rotatable bonds is 5. The van der Waals surface area contributed by atoms with Crippen LogP contribution in [0.25, 0.3) is 0 Å². The van der Waals surface area contributed by atoms with Gasteiger partial charge in [0, 0.05) is 19.0 Å². The third-order valence-electron chi connectivity index (χ3n) is 3.44. The Bertz CT molecular complexity index is 358. The van der Waals surface area contributed by atoms with E-state index in [0.717, 1.165) is 25.3 Å². The average Bonchev–Trinajstić information content (AvgIpc) is 2.77. The summed E-state index contributed by atoms with van der Waals surface area (Å²) in [6.45, 7) is 6.19. The molecule has 5 nitrogen and oxygen atoms in total. The van der Waals surface area contributed by atoms with Crippen LogP contribution in [0.4, 0.5) is 0 Å². The fourth-order valence-corrected chi connectivity index (χ4v) is 2.48. The molecule has 1 aromatic heterocycles. The molecule has 5 heteroatoms. The number of nitrogens with one attached hydrogen (secondary N) is 1. The van der Waals surface area contributed by atoms with Crippen molar-refractivity contribution in [2.24, 2.45) is 5.92 Å². The number of hydrogen-bond donors (Lipinski definition) is 2. The van der Waals surface area contributed by atoms with Crippen molar-refractivity contribution in [1.29, 1.82) is 0 Å². The fourth-order valence-electron chi connectivity index (χ4n) is 2.48. The van der Waals surface area contributed by atoms with Crippen molar-refractivity contribution in [3.63, 3.8) is 0 Å².